The van der Waals surface area contributed by atoms with Crippen LogP contribution in [-0.4, -0.2) is 68.1 Å². The number of amides is 1. The van der Waals surface area contributed by atoms with Gasteiger partial charge in [0.05, 0.1) is 28.5 Å². The second-order valence-corrected chi connectivity index (χ2v) is 9.58. The number of carbonyl (C=O) groups excluding carboxylic acids is 1. The van der Waals surface area contributed by atoms with Gasteiger partial charge < -0.3 is 9.64 Å². The van der Waals surface area contributed by atoms with Gasteiger partial charge in [0.1, 0.15) is 5.60 Å². The zero-order chi connectivity index (χ0) is 23.1. The number of aromatic nitrogens is 4. The zero-order valence-electron chi connectivity index (χ0n) is 19.1. The molecule has 170 valence electrons. The molecule has 1 aliphatic heterocycles. The van der Waals surface area contributed by atoms with Crippen LogP contribution in [0.2, 0.25) is 0 Å². The van der Waals surface area contributed by atoms with Gasteiger partial charge in [0.2, 0.25) is 0 Å². The molecule has 2 aliphatic rings. The standard InChI is InChI=1S/C24H27N7O2/c1-23(2,3)33-22(32)31-13-12-30(16-24(31)7-8-24)20-6-9-28-29-21(20)27-15-17-4-5-18-19(14-17)26-11-10-25-18/h4-6,9-11,14-15H,7-8,12-13,16H2,1-3H3. The molecule has 2 aromatic heterocycles. The summed E-state index contributed by atoms with van der Waals surface area (Å²) in [6.45, 7) is 7.71. The van der Waals surface area contributed by atoms with E-state index in [-0.39, 0.29) is 11.6 Å². The van der Waals surface area contributed by atoms with E-state index in [1.807, 2.05) is 49.9 Å². The number of nitrogens with zero attached hydrogens (tertiary/aromatic N) is 7. The lowest BCUT2D eigenvalue weighted by Gasteiger charge is -2.43. The summed E-state index contributed by atoms with van der Waals surface area (Å²) in [6, 6.07) is 7.76. The highest BCUT2D eigenvalue weighted by atomic mass is 16.6. The Morgan fingerprint density at radius 2 is 1.88 bits per heavy atom. The fourth-order valence-electron chi connectivity index (χ4n) is 4.21. The molecule has 3 heterocycles. The highest BCUT2D eigenvalue weighted by Crippen LogP contribution is 2.46. The molecule has 0 N–H and O–H groups in total. The number of ether oxygens (including phenoxy) is 1. The Kier molecular flexibility index (Phi) is 5.19. The third-order valence-corrected chi connectivity index (χ3v) is 5.94. The zero-order valence-corrected chi connectivity index (χ0v) is 19.1. The van der Waals surface area contributed by atoms with Crippen LogP contribution in [0.25, 0.3) is 11.0 Å². The Bertz CT molecular complexity index is 1220. The van der Waals surface area contributed by atoms with Crippen molar-refractivity contribution in [1.82, 2.24) is 25.1 Å². The summed E-state index contributed by atoms with van der Waals surface area (Å²) in [5.74, 6) is 0.554. The number of anilines is 1. The van der Waals surface area contributed by atoms with Crippen LogP contribution >= 0.6 is 0 Å². The van der Waals surface area contributed by atoms with Crippen LogP contribution in [0, 0.1) is 0 Å². The highest BCUT2D eigenvalue weighted by Gasteiger charge is 2.54. The average Bonchev–Trinajstić information content (AvgIpc) is 3.55. The Hall–Kier alpha value is -3.62. The number of hydrogen-bond donors (Lipinski definition) is 0. The van der Waals surface area contributed by atoms with Crippen molar-refractivity contribution >= 4 is 34.8 Å². The number of benzene rings is 1. The first-order chi connectivity index (χ1) is 15.8. The molecule has 33 heavy (non-hydrogen) atoms. The van der Waals surface area contributed by atoms with E-state index in [2.05, 4.69) is 30.1 Å². The summed E-state index contributed by atoms with van der Waals surface area (Å²) in [5.41, 5.74) is 2.80. The minimum absolute atomic E-state index is 0.179. The molecule has 1 spiro atoms. The van der Waals surface area contributed by atoms with Crippen LogP contribution in [0.4, 0.5) is 16.3 Å². The van der Waals surface area contributed by atoms with Crippen LogP contribution < -0.4 is 4.90 Å². The predicted octanol–water partition coefficient (Wildman–Crippen LogP) is 3.76. The third kappa shape index (κ3) is 4.48. The second-order valence-electron chi connectivity index (χ2n) is 9.58. The van der Waals surface area contributed by atoms with Crippen molar-refractivity contribution < 1.29 is 9.53 Å². The summed E-state index contributed by atoms with van der Waals surface area (Å²) in [4.78, 5) is 30.2. The van der Waals surface area contributed by atoms with Crippen LogP contribution in [0.5, 0.6) is 0 Å². The molecule has 1 saturated carbocycles. The molecule has 1 saturated heterocycles. The fourth-order valence-corrected chi connectivity index (χ4v) is 4.21. The number of rotatable bonds is 3. The summed E-state index contributed by atoms with van der Waals surface area (Å²) in [5, 5.41) is 8.32. The molecule has 2 fully saturated rings. The van der Waals surface area contributed by atoms with E-state index in [1.54, 1.807) is 24.8 Å². The van der Waals surface area contributed by atoms with E-state index in [0.29, 0.717) is 18.9 Å². The molecule has 1 amide bonds. The molecule has 3 aromatic rings. The monoisotopic (exact) mass is 445 g/mol. The SMILES string of the molecule is CC(C)(C)OC(=O)N1CCN(c2ccnnc2N=Cc2ccc3nccnc3c2)CC12CC2. The fraction of sp³-hybridized carbons (Fsp3) is 0.417. The van der Waals surface area contributed by atoms with Crippen molar-refractivity contribution in [2.75, 3.05) is 24.5 Å². The normalized spacial score (nSPS) is 17.7. The summed E-state index contributed by atoms with van der Waals surface area (Å²) >= 11 is 0. The maximum Gasteiger partial charge on any atom is 0.410 e. The van der Waals surface area contributed by atoms with Crippen molar-refractivity contribution in [1.29, 1.82) is 0 Å². The topological polar surface area (TPSA) is 96.7 Å². The minimum Gasteiger partial charge on any atom is -0.444 e. The molecular weight excluding hydrogens is 418 g/mol. The van der Waals surface area contributed by atoms with Gasteiger partial charge in [-0.2, -0.15) is 5.10 Å². The number of hydrogen-bond acceptors (Lipinski definition) is 8. The van der Waals surface area contributed by atoms with Crippen molar-refractivity contribution in [3.63, 3.8) is 0 Å². The first-order valence-corrected chi connectivity index (χ1v) is 11.2. The number of piperazine rings is 1. The van der Waals surface area contributed by atoms with Crippen molar-refractivity contribution in [3.8, 4) is 0 Å². The number of aliphatic imine (C=N–C) groups is 1. The van der Waals surface area contributed by atoms with E-state index in [4.69, 9.17) is 4.74 Å². The Labute approximate surface area is 192 Å². The first kappa shape index (κ1) is 21.2. The Morgan fingerprint density at radius 3 is 2.64 bits per heavy atom. The summed E-state index contributed by atoms with van der Waals surface area (Å²) in [7, 11) is 0. The van der Waals surface area contributed by atoms with Gasteiger partial charge in [0, 0.05) is 38.2 Å². The average molecular weight is 446 g/mol. The molecule has 9 nitrogen and oxygen atoms in total. The number of fused-ring (bicyclic) bond motifs is 1. The Morgan fingerprint density at radius 1 is 1.09 bits per heavy atom. The van der Waals surface area contributed by atoms with Gasteiger partial charge in [0.15, 0.2) is 5.82 Å². The van der Waals surface area contributed by atoms with Gasteiger partial charge in [-0.3, -0.25) is 14.9 Å². The molecule has 1 aromatic carbocycles. The quantitative estimate of drug-likeness (QED) is 0.566. The predicted molar refractivity (Wildman–Crippen MR) is 126 cm³/mol. The van der Waals surface area contributed by atoms with Gasteiger partial charge in [-0.1, -0.05) is 6.07 Å². The van der Waals surface area contributed by atoms with E-state index < -0.39 is 5.60 Å². The molecule has 0 radical (unpaired) electrons. The van der Waals surface area contributed by atoms with E-state index in [0.717, 1.165) is 41.7 Å². The molecule has 5 rings (SSSR count). The molecule has 0 unspecified atom stereocenters. The second kappa shape index (κ2) is 8.06. The largest absolute Gasteiger partial charge is 0.444 e. The lowest BCUT2D eigenvalue weighted by molar-refractivity contribution is 0.0107. The van der Waals surface area contributed by atoms with E-state index in [1.165, 1.54) is 0 Å². The van der Waals surface area contributed by atoms with Gasteiger partial charge in [-0.05, 0) is 57.4 Å². The molecular formula is C24H27N7O2. The van der Waals surface area contributed by atoms with Gasteiger partial charge in [-0.25, -0.2) is 9.79 Å². The van der Waals surface area contributed by atoms with E-state index in [9.17, 15) is 4.79 Å². The van der Waals surface area contributed by atoms with Crippen LogP contribution in [0.15, 0.2) is 47.8 Å². The van der Waals surface area contributed by atoms with E-state index >= 15 is 0 Å². The molecule has 0 bridgehead atoms. The summed E-state index contributed by atoms with van der Waals surface area (Å²) < 4.78 is 5.65. The smallest absolute Gasteiger partial charge is 0.410 e. The molecule has 0 atom stereocenters. The summed E-state index contributed by atoms with van der Waals surface area (Å²) in [6.07, 6.45) is 8.51. The van der Waals surface area contributed by atoms with Crippen LogP contribution in [0.1, 0.15) is 39.2 Å². The minimum atomic E-state index is -0.504. The van der Waals surface area contributed by atoms with Gasteiger partial charge in [0.25, 0.3) is 0 Å². The van der Waals surface area contributed by atoms with Crippen molar-refractivity contribution in [2.24, 2.45) is 4.99 Å². The lowest BCUT2D eigenvalue weighted by atomic mass is 10.1. The van der Waals surface area contributed by atoms with Crippen LogP contribution in [-0.2, 0) is 4.74 Å². The maximum absolute atomic E-state index is 12.8. The van der Waals surface area contributed by atoms with Crippen molar-refractivity contribution in [2.45, 2.75) is 44.8 Å². The van der Waals surface area contributed by atoms with Gasteiger partial charge >= 0.3 is 6.09 Å². The van der Waals surface area contributed by atoms with Gasteiger partial charge in [-0.15, -0.1) is 5.10 Å². The molecule has 1 aliphatic carbocycles. The van der Waals surface area contributed by atoms with Crippen molar-refractivity contribution in [3.05, 3.63) is 48.4 Å². The van der Waals surface area contributed by atoms with Crippen LogP contribution in [0.3, 0.4) is 0 Å². The Balaban J connectivity index is 1.35. The molecule has 9 heteroatoms. The lowest BCUT2D eigenvalue weighted by Crippen LogP contribution is -2.58. The maximum atomic E-state index is 12.8. The third-order valence-electron chi connectivity index (χ3n) is 5.94. The highest BCUT2D eigenvalue weighted by molar-refractivity contribution is 5.88. The first-order valence-electron chi connectivity index (χ1n) is 11.2. The number of carbonyl (C=O) groups is 1.